The Balaban J connectivity index is 2.85. The van der Waals surface area contributed by atoms with E-state index in [4.69, 9.17) is 0 Å². The van der Waals surface area contributed by atoms with Gasteiger partial charge in [0.1, 0.15) is 12.4 Å². The number of halogens is 4. The molecule has 0 spiro atoms. The van der Waals surface area contributed by atoms with Crippen molar-refractivity contribution >= 4 is 11.4 Å². The predicted octanol–water partition coefficient (Wildman–Crippen LogP) is 2.71. The first-order chi connectivity index (χ1) is 7.28. The van der Waals surface area contributed by atoms with Crippen molar-refractivity contribution in [2.24, 2.45) is 0 Å². The Hall–Kier alpha value is -1.86. The van der Waals surface area contributed by atoms with Crippen LogP contribution in [0.4, 0.5) is 28.9 Å². The van der Waals surface area contributed by atoms with Crippen LogP contribution in [0.15, 0.2) is 18.2 Å². The van der Waals surface area contributed by atoms with Crippen LogP contribution < -0.4 is 5.32 Å². The maximum atomic E-state index is 12.8. The Kier molecular flexibility index (Phi) is 3.31. The van der Waals surface area contributed by atoms with Crippen molar-refractivity contribution in [1.29, 1.82) is 0 Å². The summed E-state index contributed by atoms with van der Waals surface area (Å²) in [5.41, 5.74) is -0.895. The molecule has 8 heteroatoms. The molecule has 0 radical (unpaired) electrons. The SMILES string of the molecule is O=[N+]([O-])c1cc(F)cc(NCC(F)(F)F)c1. The van der Waals surface area contributed by atoms with E-state index in [2.05, 4.69) is 0 Å². The Morgan fingerprint density at radius 2 is 1.94 bits per heavy atom. The Morgan fingerprint density at radius 1 is 1.31 bits per heavy atom. The van der Waals surface area contributed by atoms with E-state index in [-0.39, 0.29) is 5.69 Å². The first kappa shape index (κ1) is 12.2. The van der Waals surface area contributed by atoms with Crippen LogP contribution in [0.3, 0.4) is 0 Å². The van der Waals surface area contributed by atoms with E-state index in [9.17, 15) is 27.7 Å². The minimum atomic E-state index is -4.47. The lowest BCUT2D eigenvalue weighted by atomic mass is 10.2. The summed E-state index contributed by atoms with van der Waals surface area (Å²) in [6.45, 7) is -1.38. The van der Waals surface area contributed by atoms with E-state index in [0.717, 1.165) is 12.1 Å². The van der Waals surface area contributed by atoms with E-state index in [1.165, 1.54) is 0 Å². The normalized spacial score (nSPS) is 11.2. The lowest BCUT2D eigenvalue weighted by molar-refractivity contribution is -0.385. The van der Waals surface area contributed by atoms with Crippen LogP contribution in [-0.2, 0) is 0 Å². The maximum Gasteiger partial charge on any atom is 0.405 e. The summed E-state index contributed by atoms with van der Waals surface area (Å²) in [5.74, 6) is -0.973. The summed E-state index contributed by atoms with van der Waals surface area (Å²) < 4.78 is 48.2. The third-order valence-corrected chi connectivity index (χ3v) is 1.59. The minimum Gasteiger partial charge on any atom is -0.376 e. The fraction of sp³-hybridized carbons (Fsp3) is 0.250. The lowest BCUT2D eigenvalue weighted by Gasteiger charge is -2.09. The summed E-state index contributed by atoms with van der Waals surface area (Å²) >= 11 is 0. The second-order valence-electron chi connectivity index (χ2n) is 2.92. The molecule has 0 unspecified atom stereocenters. The van der Waals surface area contributed by atoms with E-state index >= 15 is 0 Å². The zero-order valence-corrected chi connectivity index (χ0v) is 7.71. The molecular weight excluding hydrogens is 232 g/mol. The van der Waals surface area contributed by atoms with Gasteiger partial charge in [-0.15, -0.1) is 0 Å². The topological polar surface area (TPSA) is 55.2 Å². The van der Waals surface area contributed by atoms with Gasteiger partial charge in [0.05, 0.1) is 11.0 Å². The number of non-ortho nitro benzene ring substituents is 1. The van der Waals surface area contributed by atoms with Gasteiger partial charge in [0.2, 0.25) is 0 Å². The highest BCUT2D eigenvalue weighted by atomic mass is 19.4. The van der Waals surface area contributed by atoms with Crippen molar-refractivity contribution in [3.63, 3.8) is 0 Å². The van der Waals surface area contributed by atoms with Gasteiger partial charge in [-0.1, -0.05) is 0 Å². The van der Waals surface area contributed by atoms with Gasteiger partial charge in [-0.3, -0.25) is 10.1 Å². The molecule has 16 heavy (non-hydrogen) atoms. The molecule has 0 saturated heterocycles. The molecule has 0 aliphatic heterocycles. The van der Waals surface area contributed by atoms with Crippen molar-refractivity contribution in [2.45, 2.75) is 6.18 Å². The average Bonchev–Trinajstić information content (AvgIpc) is 2.13. The number of hydrogen-bond acceptors (Lipinski definition) is 3. The highest BCUT2D eigenvalue weighted by Crippen LogP contribution is 2.22. The highest BCUT2D eigenvalue weighted by molar-refractivity contribution is 5.51. The summed E-state index contributed by atoms with van der Waals surface area (Å²) in [6.07, 6.45) is -4.47. The summed E-state index contributed by atoms with van der Waals surface area (Å²) in [7, 11) is 0. The van der Waals surface area contributed by atoms with Crippen molar-refractivity contribution < 1.29 is 22.5 Å². The quantitative estimate of drug-likeness (QED) is 0.500. The van der Waals surface area contributed by atoms with Gasteiger partial charge in [-0.05, 0) is 6.07 Å². The number of nitrogens with one attached hydrogen (secondary N) is 1. The fourth-order valence-electron chi connectivity index (χ4n) is 0.984. The van der Waals surface area contributed by atoms with Crippen LogP contribution in [0.5, 0.6) is 0 Å². The molecule has 1 aromatic carbocycles. The second kappa shape index (κ2) is 4.33. The Labute approximate surface area is 87.0 Å². The van der Waals surface area contributed by atoms with Crippen LogP contribution >= 0.6 is 0 Å². The molecule has 0 saturated carbocycles. The number of hydrogen-bond donors (Lipinski definition) is 1. The molecule has 88 valence electrons. The first-order valence-electron chi connectivity index (χ1n) is 4.03. The van der Waals surface area contributed by atoms with Gasteiger partial charge in [0, 0.05) is 11.8 Å². The molecule has 0 heterocycles. The molecule has 0 bridgehead atoms. The molecule has 0 fully saturated rings. The van der Waals surface area contributed by atoms with Gasteiger partial charge in [0.25, 0.3) is 5.69 Å². The van der Waals surface area contributed by atoms with E-state index in [1.807, 2.05) is 5.32 Å². The predicted molar refractivity (Wildman–Crippen MR) is 47.6 cm³/mol. The van der Waals surface area contributed by atoms with E-state index in [0.29, 0.717) is 6.07 Å². The average molecular weight is 238 g/mol. The van der Waals surface area contributed by atoms with Gasteiger partial charge in [-0.2, -0.15) is 13.2 Å². The molecule has 0 aromatic heterocycles. The number of anilines is 1. The van der Waals surface area contributed by atoms with E-state index in [1.54, 1.807) is 0 Å². The zero-order valence-electron chi connectivity index (χ0n) is 7.71. The number of alkyl halides is 3. The van der Waals surface area contributed by atoms with E-state index < -0.39 is 29.1 Å². The molecule has 0 amide bonds. The van der Waals surface area contributed by atoms with Gasteiger partial charge < -0.3 is 5.32 Å². The van der Waals surface area contributed by atoms with Crippen LogP contribution in [0.1, 0.15) is 0 Å². The smallest absolute Gasteiger partial charge is 0.376 e. The van der Waals surface area contributed by atoms with Gasteiger partial charge >= 0.3 is 6.18 Å². The molecular formula is C8H6F4N2O2. The molecule has 1 aromatic rings. The highest BCUT2D eigenvalue weighted by Gasteiger charge is 2.26. The maximum absolute atomic E-state index is 12.8. The van der Waals surface area contributed by atoms with Crippen LogP contribution in [0, 0.1) is 15.9 Å². The largest absolute Gasteiger partial charge is 0.405 e. The standard InChI is InChI=1S/C8H6F4N2O2/c9-5-1-6(13-4-8(10,11)12)3-7(2-5)14(15)16/h1-3,13H,4H2. The third-order valence-electron chi connectivity index (χ3n) is 1.59. The molecule has 1 N–H and O–H groups in total. The van der Waals surface area contributed by atoms with Crippen LogP contribution in [0.25, 0.3) is 0 Å². The molecule has 0 aliphatic carbocycles. The van der Waals surface area contributed by atoms with Crippen LogP contribution in [-0.4, -0.2) is 17.6 Å². The number of rotatable bonds is 3. The number of nitro groups is 1. The molecule has 4 nitrogen and oxygen atoms in total. The summed E-state index contributed by atoms with van der Waals surface area (Å²) in [5, 5.41) is 12.1. The zero-order chi connectivity index (χ0) is 12.3. The number of benzene rings is 1. The van der Waals surface area contributed by atoms with Crippen LogP contribution in [0.2, 0.25) is 0 Å². The second-order valence-corrected chi connectivity index (χ2v) is 2.92. The first-order valence-corrected chi connectivity index (χ1v) is 4.03. The fourth-order valence-corrected chi connectivity index (χ4v) is 0.984. The number of nitro benzene ring substituents is 1. The Bertz CT molecular complexity index is 406. The third kappa shape index (κ3) is 3.71. The summed E-state index contributed by atoms with van der Waals surface area (Å²) in [4.78, 5) is 9.41. The number of nitrogens with zero attached hydrogens (tertiary/aromatic N) is 1. The molecule has 0 aliphatic rings. The van der Waals surface area contributed by atoms with Crippen molar-refractivity contribution in [2.75, 3.05) is 11.9 Å². The lowest BCUT2D eigenvalue weighted by Crippen LogP contribution is -2.21. The van der Waals surface area contributed by atoms with Crippen molar-refractivity contribution in [3.05, 3.63) is 34.1 Å². The van der Waals surface area contributed by atoms with Gasteiger partial charge in [-0.25, -0.2) is 4.39 Å². The van der Waals surface area contributed by atoms with Gasteiger partial charge in [0.15, 0.2) is 0 Å². The molecule has 0 atom stereocenters. The Morgan fingerprint density at radius 3 is 2.44 bits per heavy atom. The summed E-state index contributed by atoms with van der Waals surface area (Å²) in [6, 6.07) is 2.20. The minimum absolute atomic E-state index is 0.288. The van der Waals surface area contributed by atoms with Crippen molar-refractivity contribution in [1.82, 2.24) is 0 Å². The van der Waals surface area contributed by atoms with Crippen molar-refractivity contribution in [3.8, 4) is 0 Å². The monoisotopic (exact) mass is 238 g/mol. The molecule has 1 rings (SSSR count).